The molecule has 2 aromatic rings. The number of imide groups is 2. The van der Waals surface area contributed by atoms with Gasteiger partial charge in [-0.15, -0.1) is 0 Å². The quantitative estimate of drug-likeness (QED) is 0.656. The van der Waals surface area contributed by atoms with E-state index in [1.807, 2.05) is 0 Å². The van der Waals surface area contributed by atoms with Gasteiger partial charge in [0.05, 0.1) is 5.69 Å². The first-order valence-electron chi connectivity index (χ1n) is 7.23. The lowest BCUT2D eigenvalue weighted by Crippen LogP contribution is -2.54. The number of nitrogens with zero attached hydrogens (tertiary/aromatic N) is 1. The number of benzene rings is 2. The number of urea groups is 1. The average molecular weight is 322 g/mol. The van der Waals surface area contributed by atoms with Crippen LogP contribution in [0, 0.1) is 6.92 Å². The second-order valence-corrected chi connectivity index (χ2v) is 5.34. The maximum Gasteiger partial charge on any atom is 0.335 e. The zero-order valence-electron chi connectivity index (χ0n) is 12.8. The van der Waals surface area contributed by atoms with Crippen molar-refractivity contribution < 1.29 is 19.5 Å². The minimum Gasteiger partial charge on any atom is -0.508 e. The first-order chi connectivity index (χ1) is 11.5. The molecule has 120 valence electrons. The van der Waals surface area contributed by atoms with Crippen LogP contribution in [0.5, 0.6) is 5.75 Å². The second kappa shape index (κ2) is 6.00. The van der Waals surface area contributed by atoms with Gasteiger partial charge in [-0.05, 0) is 42.3 Å². The minimum atomic E-state index is -0.776. The van der Waals surface area contributed by atoms with Gasteiger partial charge in [0.25, 0.3) is 11.8 Å². The predicted molar refractivity (Wildman–Crippen MR) is 88.3 cm³/mol. The molecule has 4 amide bonds. The van der Waals surface area contributed by atoms with E-state index < -0.39 is 17.8 Å². The molecule has 0 radical (unpaired) electrons. The van der Waals surface area contributed by atoms with Crippen molar-refractivity contribution in [3.8, 4) is 5.75 Å². The minimum absolute atomic E-state index is 0.0771. The fourth-order valence-electron chi connectivity index (χ4n) is 2.43. The van der Waals surface area contributed by atoms with Crippen LogP contribution in [0.1, 0.15) is 11.1 Å². The molecule has 0 unspecified atom stereocenters. The Balaban J connectivity index is 2.03. The molecular weight excluding hydrogens is 308 g/mol. The zero-order chi connectivity index (χ0) is 17.3. The van der Waals surface area contributed by atoms with Crippen LogP contribution in [0.4, 0.5) is 10.5 Å². The number of anilines is 1. The van der Waals surface area contributed by atoms with E-state index >= 15 is 0 Å². The molecule has 0 atom stereocenters. The molecule has 2 aromatic carbocycles. The monoisotopic (exact) mass is 322 g/mol. The van der Waals surface area contributed by atoms with Gasteiger partial charge in [-0.3, -0.25) is 14.9 Å². The first-order valence-corrected chi connectivity index (χ1v) is 7.23. The van der Waals surface area contributed by atoms with E-state index in [0.29, 0.717) is 11.3 Å². The summed E-state index contributed by atoms with van der Waals surface area (Å²) in [5.74, 6) is -1.36. The molecular formula is C18H14N2O4. The van der Waals surface area contributed by atoms with Crippen molar-refractivity contribution in [2.24, 2.45) is 0 Å². The van der Waals surface area contributed by atoms with Crippen molar-refractivity contribution in [1.29, 1.82) is 0 Å². The largest absolute Gasteiger partial charge is 0.508 e. The number of phenols is 1. The fourth-order valence-corrected chi connectivity index (χ4v) is 2.43. The van der Waals surface area contributed by atoms with Crippen molar-refractivity contribution in [1.82, 2.24) is 5.32 Å². The number of nitrogens with one attached hydrogen (secondary N) is 1. The summed E-state index contributed by atoms with van der Waals surface area (Å²) in [6, 6.07) is 12.2. The Morgan fingerprint density at radius 1 is 1.00 bits per heavy atom. The van der Waals surface area contributed by atoms with Crippen LogP contribution in [0.2, 0.25) is 0 Å². The van der Waals surface area contributed by atoms with Gasteiger partial charge in [0, 0.05) is 0 Å². The predicted octanol–water partition coefficient (Wildman–Crippen LogP) is 2.37. The maximum absolute atomic E-state index is 12.7. The Kier molecular flexibility index (Phi) is 3.87. The van der Waals surface area contributed by atoms with Gasteiger partial charge in [0.2, 0.25) is 0 Å². The van der Waals surface area contributed by atoms with Crippen molar-refractivity contribution in [2.75, 3.05) is 4.90 Å². The number of amides is 4. The van der Waals surface area contributed by atoms with Crippen LogP contribution in [0.3, 0.4) is 0 Å². The van der Waals surface area contributed by atoms with Gasteiger partial charge < -0.3 is 5.11 Å². The van der Waals surface area contributed by atoms with Crippen LogP contribution in [-0.2, 0) is 9.59 Å². The molecule has 2 N–H and O–H groups in total. The molecule has 6 heteroatoms. The summed E-state index contributed by atoms with van der Waals surface area (Å²) in [5, 5.41) is 11.5. The lowest BCUT2D eigenvalue weighted by atomic mass is 10.1. The highest BCUT2D eigenvalue weighted by molar-refractivity contribution is 6.39. The number of aromatic hydroxyl groups is 1. The number of para-hydroxylation sites is 1. The lowest BCUT2D eigenvalue weighted by Gasteiger charge is -2.27. The number of aryl methyl sites for hydroxylation is 1. The van der Waals surface area contributed by atoms with E-state index in [4.69, 9.17) is 0 Å². The Bertz CT molecular complexity index is 869. The standard InChI is InChI=1S/C18H14N2O4/c1-11-4-2-3-5-15(11)20-17(23)14(16(22)19-18(20)24)10-12-6-8-13(21)9-7-12/h2-10,21H,1H3,(H,19,22,24). The molecule has 1 heterocycles. The molecule has 1 saturated heterocycles. The van der Waals surface area contributed by atoms with Gasteiger partial charge in [0.15, 0.2) is 0 Å². The molecule has 0 aromatic heterocycles. The van der Waals surface area contributed by atoms with E-state index in [2.05, 4.69) is 5.32 Å². The van der Waals surface area contributed by atoms with Crippen LogP contribution >= 0.6 is 0 Å². The van der Waals surface area contributed by atoms with Crippen LogP contribution in [0.15, 0.2) is 54.1 Å². The van der Waals surface area contributed by atoms with Gasteiger partial charge in [0.1, 0.15) is 11.3 Å². The van der Waals surface area contributed by atoms with E-state index in [9.17, 15) is 19.5 Å². The number of carbonyl (C=O) groups excluding carboxylic acids is 3. The third-order valence-electron chi connectivity index (χ3n) is 3.66. The summed E-state index contributed by atoms with van der Waals surface area (Å²) in [6.07, 6.45) is 1.38. The Hall–Kier alpha value is -3.41. The maximum atomic E-state index is 12.7. The number of carbonyl (C=O) groups is 3. The number of barbiturate groups is 1. The summed E-state index contributed by atoms with van der Waals surface area (Å²) >= 11 is 0. The summed E-state index contributed by atoms with van der Waals surface area (Å²) in [7, 11) is 0. The molecule has 1 aliphatic heterocycles. The number of phenolic OH excluding ortho intramolecular Hbond substituents is 1. The lowest BCUT2D eigenvalue weighted by molar-refractivity contribution is -0.122. The van der Waals surface area contributed by atoms with E-state index in [1.165, 1.54) is 18.2 Å². The summed E-state index contributed by atoms with van der Waals surface area (Å²) in [6.45, 7) is 1.77. The van der Waals surface area contributed by atoms with Crippen molar-refractivity contribution in [3.63, 3.8) is 0 Å². The molecule has 6 nitrogen and oxygen atoms in total. The molecule has 3 rings (SSSR count). The highest BCUT2D eigenvalue weighted by Crippen LogP contribution is 2.25. The molecule has 0 aliphatic carbocycles. The van der Waals surface area contributed by atoms with E-state index in [1.54, 1.807) is 43.3 Å². The molecule has 0 spiro atoms. The molecule has 1 aliphatic rings. The molecule has 0 bridgehead atoms. The Morgan fingerprint density at radius 3 is 2.33 bits per heavy atom. The smallest absolute Gasteiger partial charge is 0.335 e. The van der Waals surface area contributed by atoms with E-state index in [0.717, 1.165) is 10.5 Å². The number of hydrogen-bond donors (Lipinski definition) is 2. The van der Waals surface area contributed by atoms with Crippen LogP contribution < -0.4 is 10.2 Å². The first kappa shape index (κ1) is 15.5. The third kappa shape index (κ3) is 2.77. The Labute approximate surface area is 138 Å². The Morgan fingerprint density at radius 2 is 1.67 bits per heavy atom. The summed E-state index contributed by atoms with van der Waals surface area (Å²) < 4.78 is 0. The SMILES string of the molecule is Cc1ccccc1N1C(=O)NC(=O)C(=Cc2ccc(O)cc2)C1=O. The van der Waals surface area contributed by atoms with Gasteiger partial charge in [-0.25, -0.2) is 9.69 Å². The zero-order valence-corrected chi connectivity index (χ0v) is 12.8. The fraction of sp³-hybridized carbons (Fsp3) is 0.0556. The highest BCUT2D eigenvalue weighted by atomic mass is 16.3. The number of hydrogen-bond acceptors (Lipinski definition) is 4. The summed E-state index contributed by atoms with van der Waals surface area (Å²) in [5.41, 5.74) is 1.57. The topological polar surface area (TPSA) is 86.7 Å². The molecule has 24 heavy (non-hydrogen) atoms. The van der Waals surface area contributed by atoms with Crippen molar-refractivity contribution in [3.05, 3.63) is 65.2 Å². The number of rotatable bonds is 2. The van der Waals surface area contributed by atoms with Crippen molar-refractivity contribution in [2.45, 2.75) is 6.92 Å². The summed E-state index contributed by atoms with van der Waals surface area (Å²) in [4.78, 5) is 37.8. The third-order valence-corrected chi connectivity index (χ3v) is 3.66. The van der Waals surface area contributed by atoms with Gasteiger partial charge in [-0.1, -0.05) is 30.3 Å². The van der Waals surface area contributed by atoms with Gasteiger partial charge >= 0.3 is 6.03 Å². The van der Waals surface area contributed by atoms with Crippen LogP contribution in [0.25, 0.3) is 6.08 Å². The average Bonchev–Trinajstić information content (AvgIpc) is 2.55. The molecule has 1 fully saturated rings. The van der Waals surface area contributed by atoms with Gasteiger partial charge in [-0.2, -0.15) is 0 Å². The van der Waals surface area contributed by atoms with Crippen LogP contribution in [-0.4, -0.2) is 23.0 Å². The van der Waals surface area contributed by atoms with Crippen molar-refractivity contribution >= 4 is 29.6 Å². The molecule has 0 saturated carbocycles. The normalized spacial score (nSPS) is 16.5. The van der Waals surface area contributed by atoms with E-state index in [-0.39, 0.29) is 11.3 Å². The highest BCUT2D eigenvalue weighted by Gasteiger charge is 2.37. The second-order valence-electron chi connectivity index (χ2n) is 5.34.